The monoisotopic (exact) mass is 210 g/mol. The molecular formula is C10H14N2O3. The van der Waals surface area contributed by atoms with Gasteiger partial charge in [-0.2, -0.15) is 0 Å². The highest BCUT2D eigenvalue weighted by atomic mass is 16.2. The van der Waals surface area contributed by atoms with Crippen LogP contribution >= 0.6 is 0 Å². The zero-order valence-corrected chi connectivity index (χ0v) is 8.79. The minimum Gasteiger partial charge on any atom is -0.277 e. The standard InChI is InChI=1S/C10H14N2O3/c1-3-5-6-10(4-2)7(13)11-9(15)12-8(10)14/h5-6H,3-4H2,1-2H3,(H2,11,12,13,14,15)/b6-5-. The lowest BCUT2D eigenvalue weighted by atomic mass is 9.81. The van der Waals surface area contributed by atoms with Crippen molar-refractivity contribution in [3.8, 4) is 0 Å². The van der Waals surface area contributed by atoms with Crippen molar-refractivity contribution in [2.75, 3.05) is 0 Å². The SMILES string of the molecule is CC/C=C\C1(CC)C(=O)NC(=O)NC1=O. The number of nitrogens with one attached hydrogen (secondary N) is 2. The van der Waals surface area contributed by atoms with Crippen LogP contribution in [0.4, 0.5) is 4.79 Å². The molecule has 1 fully saturated rings. The molecule has 5 nitrogen and oxygen atoms in total. The Kier molecular flexibility index (Phi) is 3.24. The van der Waals surface area contributed by atoms with E-state index in [1.807, 2.05) is 6.92 Å². The summed E-state index contributed by atoms with van der Waals surface area (Å²) < 4.78 is 0. The molecule has 5 heteroatoms. The second-order valence-corrected chi connectivity index (χ2v) is 3.37. The van der Waals surface area contributed by atoms with E-state index in [0.717, 1.165) is 6.42 Å². The average molecular weight is 210 g/mol. The predicted octanol–water partition coefficient (Wildman–Crippen LogP) is 0.715. The fraction of sp³-hybridized carbons (Fsp3) is 0.500. The van der Waals surface area contributed by atoms with Gasteiger partial charge >= 0.3 is 6.03 Å². The lowest BCUT2D eigenvalue weighted by Gasteiger charge is -2.30. The highest BCUT2D eigenvalue weighted by Crippen LogP contribution is 2.26. The first-order valence-corrected chi connectivity index (χ1v) is 4.91. The third kappa shape index (κ3) is 1.91. The Labute approximate surface area is 87.9 Å². The maximum Gasteiger partial charge on any atom is 0.328 e. The summed E-state index contributed by atoms with van der Waals surface area (Å²) in [5, 5.41) is 4.20. The molecule has 1 rings (SSSR count). The van der Waals surface area contributed by atoms with Crippen molar-refractivity contribution < 1.29 is 14.4 Å². The van der Waals surface area contributed by atoms with Crippen LogP contribution in [-0.4, -0.2) is 17.8 Å². The van der Waals surface area contributed by atoms with Crippen LogP contribution in [-0.2, 0) is 9.59 Å². The Bertz CT molecular complexity index is 314. The second-order valence-electron chi connectivity index (χ2n) is 3.37. The van der Waals surface area contributed by atoms with Crippen molar-refractivity contribution >= 4 is 17.8 Å². The van der Waals surface area contributed by atoms with Crippen molar-refractivity contribution in [1.29, 1.82) is 0 Å². The van der Waals surface area contributed by atoms with Gasteiger partial charge in [-0.15, -0.1) is 0 Å². The van der Waals surface area contributed by atoms with Crippen LogP contribution in [0.5, 0.6) is 0 Å². The smallest absolute Gasteiger partial charge is 0.277 e. The quantitative estimate of drug-likeness (QED) is 0.532. The van der Waals surface area contributed by atoms with E-state index in [2.05, 4.69) is 10.6 Å². The fourth-order valence-corrected chi connectivity index (χ4v) is 1.47. The third-order valence-electron chi connectivity index (χ3n) is 2.46. The minimum atomic E-state index is -1.23. The summed E-state index contributed by atoms with van der Waals surface area (Å²) >= 11 is 0. The molecule has 0 aromatic rings. The van der Waals surface area contributed by atoms with Crippen molar-refractivity contribution in [3.05, 3.63) is 12.2 Å². The fourth-order valence-electron chi connectivity index (χ4n) is 1.47. The molecule has 1 aliphatic heterocycles. The van der Waals surface area contributed by atoms with Gasteiger partial charge in [0.2, 0.25) is 11.8 Å². The van der Waals surface area contributed by atoms with Crippen molar-refractivity contribution in [3.63, 3.8) is 0 Å². The molecule has 15 heavy (non-hydrogen) atoms. The zero-order chi connectivity index (χ0) is 11.5. The number of carbonyl (C=O) groups excluding carboxylic acids is 3. The number of urea groups is 1. The summed E-state index contributed by atoms with van der Waals surface area (Å²) in [4.78, 5) is 34.1. The van der Waals surface area contributed by atoms with E-state index >= 15 is 0 Å². The Morgan fingerprint density at radius 1 is 1.13 bits per heavy atom. The van der Waals surface area contributed by atoms with Gasteiger partial charge in [0.25, 0.3) is 0 Å². The summed E-state index contributed by atoms with van der Waals surface area (Å²) in [6.07, 6.45) is 4.37. The van der Waals surface area contributed by atoms with Gasteiger partial charge in [-0.1, -0.05) is 26.0 Å². The van der Waals surface area contributed by atoms with Crippen molar-refractivity contribution in [2.24, 2.45) is 5.41 Å². The number of rotatable bonds is 3. The Morgan fingerprint density at radius 2 is 1.67 bits per heavy atom. The molecule has 2 N–H and O–H groups in total. The molecule has 0 spiro atoms. The van der Waals surface area contributed by atoms with Gasteiger partial charge in [-0.05, 0) is 12.8 Å². The van der Waals surface area contributed by atoms with Crippen LogP contribution in [0.1, 0.15) is 26.7 Å². The summed E-state index contributed by atoms with van der Waals surface area (Å²) in [7, 11) is 0. The van der Waals surface area contributed by atoms with Gasteiger partial charge in [0.1, 0.15) is 5.41 Å². The Hall–Kier alpha value is -1.65. The normalized spacial score (nSPS) is 20.3. The number of hydrogen-bond acceptors (Lipinski definition) is 3. The maximum atomic E-state index is 11.6. The number of barbiturate groups is 1. The molecule has 1 saturated heterocycles. The van der Waals surface area contributed by atoms with Crippen LogP contribution in [0.15, 0.2) is 12.2 Å². The van der Waals surface area contributed by atoms with E-state index in [0.29, 0.717) is 6.42 Å². The second kappa shape index (κ2) is 4.25. The van der Waals surface area contributed by atoms with Gasteiger partial charge in [0.05, 0.1) is 0 Å². The van der Waals surface area contributed by atoms with E-state index < -0.39 is 23.3 Å². The molecule has 0 atom stereocenters. The van der Waals surface area contributed by atoms with Gasteiger partial charge in [-0.3, -0.25) is 20.2 Å². The lowest BCUT2D eigenvalue weighted by molar-refractivity contribution is -0.141. The van der Waals surface area contributed by atoms with Crippen molar-refractivity contribution in [2.45, 2.75) is 26.7 Å². The number of imide groups is 2. The number of carbonyl (C=O) groups is 3. The van der Waals surface area contributed by atoms with E-state index in [9.17, 15) is 14.4 Å². The van der Waals surface area contributed by atoms with Crippen LogP contribution < -0.4 is 10.6 Å². The number of amides is 4. The predicted molar refractivity (Wildman–Crippen MR) is 53.8 cm³/mol. The van der Waals surface area contributed by atoms with E-state index in [-0.39, 0.29) is 0 Å². The molecule has 0 aromatic carbocycles. The summed E-state index contributed by atoms with van der Waals surface area (Å²) in [6.45, 7) is 3.64. The molecule has 4 amide bonds. The van der Waals surface area contributed by atoms with Crippen molar-refractivity contribution in [1.82, 2.24) is 10.6 Å². The van der Waals surface area contributed by atoms with Crippen LogP contribution in [0, 0.1) is 5.41 Å². The van der Waals surface area contributed by atoms with E-state index in [1.54, 1.807) is 19.1 Å². The topological polar surface area (TPSA) is 75.3 Å². The average Bonchev–Trinajstić information content (AvgIpc) is 2.17. The molecule has 1 heterocycles. The van der Waals surface area contributed by atoms with Crippen LogP contribution in [0.25, 0.3) is 0 Å². The summed E-state index contributed by atoms with van der Waals surface area (Å²) in [6, 6.07) is -0.751. The van der Waals surface area contributed by atoms with Gasteiger partial charge in [-0.25, -0.2) is 4.79 Å². The lowest BCUT2D eigenvalue weighted by Crippen LogP contribution is -2.61. The summed E-state index contributed by atoms with van der Waals surface area (Å²) in [5.74, 6) is -1.10. The first-order valence-electron chi connectivity index (χ1n) is 4.91. The van der Waals surface area contributed by atoms with Gasteiger partial charge in [0.15, 0.2) is 0 Å². The Morgan fingerprint density at radius 3 is 2.07 bits per heavy atom. The summed E-state index contributed by atoms with van der Waals surface area (Å²) in [5.41, 5.74) is -1.23. The largest absolute Gasteiger partial charge is 0.328 e. The maximum absolute atomic E-state index is 11.6. The molecule has 0 aromatic heterocycles. The van der Waals surface area contributed by atoms with Crippen LogP contribution in [0.2, 0.25) is 0 Å². The molecule has 0 bridgehead atoms. The first kappa shape index (κ1) is 11.4. The molecule has 0 saturated carbocycles. The van der Waals surface area contributed by atoms with Gasteiger partial charge < -0.3 is 0 Å². The molecule has 0 radical (unpaired) electrons. The molecule has 0 aliphatic carbocycles. The first-order chi connectivity index (χ1) is 7.06. The number of allylic oxidation sites excluding steroid dienone is 1. The van der Waals surface area contributed by atoms with Crippen LogP contribution in [0.3, 0.4) is 0 Å². The zero-order valence-electron chi connectivity index (χ0n) is 8.79. The molecule has 1 aliphatic rings. The van der Waals surface area contributed by atoms with E-state index in [1.165, 1.54) is 0 Å². The molecule has 82 valence electrons. The molecule has 0 unspecified atom stereocenters. The molecular weight excluding hydrogens is 196 g/mol. The highest BCUT2D eigenvalue weighted by Gasteiger charge is 2.46. The third-order valence-corrected chi connectivity index (χ3v) is 2.46. The van der Waals surface area contributed by atoms with E-state index in [4.69, 9.17) is 0 Å². The Balaban J connectivity index is 3.05. The number of hydrogen-bond donors (Lipinski definition) is 2. The highest BCUT2D eigenvalue weighted by molar-refractivity contribution is 6.20. The minimum absolute atomic E-state index is 0.328. The van der Waals surface area contributed by atoms with Gasteiger partial charge in [0, 0.05) is 0 Å².